The number of benzene rings is 1. The minimum absolute atomic E-state index is 0.0884. The van der Waals surface area contributed by atoms with Gasteiger partial charge in [0.1, 0.15) is 13.2 Å². The first kappa shape index (κ1) is 38.6. The van der Waals surface area contributed by atoms with E-state index in [0.717, 1.165) is 44.1 Å². The third kappa shape index (κ3) is 21.0. The number of amides is 1. The van der Waals surface area contributed by atoms with Gasteiger partial charge in [-0.25, -0.2) is 0 Å². The van der Waals surface area contributed by atoms with E-state index >= 15 is 0 Å². The normalized spacial score (nSPS) is 11.7. The second kappa shape index (κ2) is 27.1. The Kier molecular flexibility index (Phi) is 24.3. The van der Waals surface area contributed by atoms with Crippen LogP contribution in [0.2, 0.25) is 0 Å². The fourth-order valence-corrected chi connectivity index (χ4v) is 5.02. The van der Waals surface area contributed by atoms with E-state index in [1.165, 1.54) is 51.4 Å². The van der Waals surface area contributed by atoms with Gasteiger partial charge in [0, 0.05) is 19.4 Å². The molecule has 2 N–H and O–H groups in total. The topological polar surface area (TPSA) is 105 Å². The first-order valence-electron chi connectivity index (χ1n) is 17.0. The third-order valence-corrected chi connectivity index (χ3v) is 7.61. The molecule has 0 spiro atoms. The molecule has 1 aromatic carbocycles. The Bertz CT molecular complexity index is 799. The molecule has 0 radical (unpaired) electrons. The summed E-state index contributed by atoms with van der Waals surface area (Å²) in [6, 6.07) is 9.13. The van der Waals surface area contributed by atoms with Crippen molar-refractivity contribution in [3.8, 4) is 0 Å². The lowest BCUT2D eigenvalue weighted by atomic mass is 10.0. The molecule has 0 aliphatic carbocycles. The molecule has 1 atom stereocenters. The molecule has 1 amide bonds. The molecule has 43 heavy (non-hydrogen) atoms. The van der Waals surface area contributed by atoms with Crippen LogP contribution >= 0.6 is 0 Å². The molecule has 0 bridgehead atoms. The quantitative estimate of drug-likeness (QED) is 0.0845. The van der Waals surface area contributed by atoms with Crippen LogP contribution < -0.4 is 5.32 Å². The van der Waals surface area contributed by atoms with Gasteiger partial charge in [-0.1, -0.05) is 121 Å². The molecule has 8 nitrogen and oxygen atoms in total. The third-order valence-electron chi connectivity index (χ3n) is 7.61. The predicted molar refractivity (Wildman–Crippen MR) is 173 cm³/mol. The highest BCUT2D eigenvalue weighted by molar-refractivity contribution is 5.82. The maximum Gasteiger partial charge on any atom is 0.305 e. The number of ether oxygens (including phenoxy) is 2. The van der Waals surface area contributed by atoms with Crippen LogP contribution in [0.1, 0.15) is 122 Å². The second-order valence-corrected chi connectivity index (χ2v) is 11.4. The largest absolute Gasteiger partial charge is 0.464 e. The Hall–Kier alpha value is -2.45. The zero-order chi connectivity index (χ0) is 31.4. The van der Waals surface area contributed by atoms with Crippen LogP contribution in [-0.2, 0) is 30.3 Å². The van der Waals surface area contributed by atoms with E-state index in [4.69, 9.17) is 9.47 Å². The van der Waals surface area contributed by atoms with Crippen molar-refractivity contribution in [2.45, 2.75) is 129 Å². The van der Waals surface area contributed by atoms with E-state index in [1.807, 2.05) is 30.3 Å². The van der Waals surface area contributed by atoms with Gasteiger partial charge in [-0.05, 0) is 24.8 Å². The zero-order valence-electron chi connectivity index (χ0n) is 27.2. The lowest BCUT2D eigenvalue weighted by molar-refractivity contribution is -0.148. The highest BCUT2D eigenvalue weighted by atomic mass is 16.5. The molecule has 0 aromatic heterocycles. The SMILES string of the molecule is CCCCCCCCCC(=O)OCCN(CCOC(=O)CCCCCCCCC)C(=O)C(Cc1ccccc1)NCCO. The highest BCUT2D eigenvalue weighted by Crippen LogP contribution is 2.11. The van der Waals surface area contributed by atoms with Gasteiger partial charge in [-0.2, -0.15) is 0 Å². The van der Waals surface area contributed by atoms with E-state index in [-0.39, 0.29) is 57.3 Å². The number of nitrogens with one attached hydrogen (secondary N) is 1. The van der Waals surface area contributed by atoms with Crippen LogP contribution in [0.25, 0.3) is 0 Å². The molecular formula is C35H60N2O6. The summed E-state index contributed by atoms with van der Waals surface area (Å²) in [5, 5.41) is 12.5. The molecule has 1 unspecified atom stereocenters. The number of hydrogen-bond donors (Lipinski definition) is 2. The van der Waals surface area contributed by atoms with Crippen molar-refractivity contribution in [1.82, 2.24) is 10.2 Å². The van der Waals surface area contributed by atoms with E-state index in [1.54, 1.807) is 4.90 Å². The van der Waals surface area contributed by atoms with Crippen molar-refractivity contribution >= 4 is 17.8 Å². The van der Waals surface area contributed by atoms with E-state index < -0.39 is 6.04 Å². The van der Waals surface area contributed by atoms with Gasteiger partial charge in [0.15, 0.2) is 0 Å². The Morgan fingerprint density at radius 3 is 1.65 bits per heavy atom. The van der Waals surface area contributed by atoms with Crippen LogP contribution in [0.15, 0.2) is 30.3 Å². The highest BCUT2D eigenvalue weighted by Gasteiger charge is 2.25. The fourth-order valence-electron chi connectivity index (χ4n) is 5.02. The number of unbranched alkanes of at least 4 members (excludes halogenated alkanes) is 12. The Balaban J connectivity index is 2.61. The molecule has 246 valence electrons. The van der Waals surface area contributed by atoms with E-state index in [9.17, 15) is 19.5 Å². The lowest BCUT2D eigenvalue weighted by Gasteiger charge is -2.28. The van der Waals surface area contributed by atoms with Crippen LogP contribution in [0.5, 0.6) is 0 Å². The van der Waals surface area contributed by atoms with Crippen molar-refractivity contribution in [3.05, 3.63) is 35.9 Å². The van der Waals surface area contributed by atoms with Crippen molar-refractivity contribution in [2.75, 3.05) is 39.5 Å². The first-order chi connectivity index (χ1) is 21.0. The van der Waals surface area contributed by atoms with E-state index in [0.29, 0.717) is 19.3 Å². The zero-order valence-corrected chi connectivity index (χ0v) is 27.2. The molecule has 0 aliphatic rings. The number of carbonyl (C=O) groups excluding carboxylic acids is 3. The average molecular weight is 605 g/mol. The van der Waals surface area contributed by atoms with Gasteiger partial charge >= 0.3 is 11.9 Å². The lowest BCUT2D eigenvalue weighted by Crippen LogP contribution is -2.50. The summed E-state index contributed by atoms with van der Waals surface area (Å²) in [5.74, 6) is -0.675. The minimum atomic E-state index is -0.568. The van der Waals surface area contributed by atoms with Crippen LogP contribution in [0, 0.1) is 0 Å². The smallest absolute Gasteiger partial charge is 0.305 e. The van der Waals surface area contributed by atoms with Crippen molar-refractivity contribution in [2.24, 2.45) is 0 Å². The second-order valence-electron chi connectivity index (χ2n) is 11.4. The number of esters is 2. The number of rotatable bonds is 28. The number of aliphatic hydroxyl groups is 1. The van der Waals surface area contributed by atoms with Crippen LogP contribution in [0.3, 0.4) is 0 Å². The standard InChI is InChI=1S/C35H60N2O6/c1-3-5-7-9-11-13-18-22-33(39)42-28-25-37(26-29-43-34(40)23-19-14-12-10-8-6-4-2)35(41)32(36-24-27-38)30-31-20-16-15-17-21-31/h15-17,20-21,32,36,38H,3-14,18-19,22-30H2,1-2H3. The molecule has 0 heterocycles. The van der Waals surface area contributed by atoms with Gasteiger partial charge in [-0.15, -0.1) is 0 Å². The molecule has 0 saturated carbocycles. The average Bonchev–Trinajstić information content (AvgIpc) is 3.01. The number of aliphatic hydroxyl groups excluding tert-OH is 1. The van der Waals surface area contributed by atoms with Gasteiger partial charge in [0.2, 0.25) is 5.91 Å². The molecular weight excluding hydrogens is 544 g/mol. The molecule has 0 aliphatic heterocycles. The predicted octanol–water partition coefficient (Wildman–Crippen LogP) is 6.38. The van der Waals surface area contributed by atoms with Gasteiger partial charge in [0.05, 0.1) is 25.7 Å². The van der Waals surface area contributed by atoms with Crippen LogP contribution in [-0.4, -0.2) is 73.3 Å². The maximum absolute atomic E-state index is 13.6. The summed E-state index contributed by atoms with van der Waals surface area (Å²) in [7, 11) is 0. The van der Waals surface area contributed by atoms with Gasteiger partial charge in [0.25, 0.3) is 0 Å². The molecule has 0 fully saturated rings. The minimum Gasteiger partial charge on any atom is -0.464 e. The number of carbonyl (C=O) groups is 3. The van der Waals surface area contributed by atoms with Crippen molar-refractivity contribution in [3.63, 3.8) is 0 Å². The Morgan fingerprint density at radius 1 is 0.721 bits per heavy atom. The Morgan fingerprint density at radius 2 is 1.19 bits per heavy atom. The Labute approximate surface area is 261 Å². The van der Waals surface area contributed by atoms with E-state index in [2.05, 4.69) is 19.2 Å². The summed E-state index contributed by atoms with van der Waals surface area (Å²) in [4.78, 5) is 39.9. The van der Waals surface area contributed by atoms with Gasteiger partial charge in [-0.3, -0.25) is 14.4 Å². The number of hydrogen-bond acceptors (Lipinski definition) is 7. The fraction of sp³-hybridized carbons (Fsp3) is 0.743. The van der Waals surface area contributed by atoms with Gasteiger partial charge < -0.3 is 24.8 Å². The summed E-state index contributed by atoms with van der Waals surface area (Å²) in [6.07, 6.45) is 17.0. The van der Waals surface area contributed by atoms with Crippen molar-refractivity contribution < 1.29 is 29.0 Å². The molecule has 0 saturated heterocycles. The first-order valence-corrected chi connectivity index (χ1v) is 17.0. The summed E-state index contributed by atoms with van der Waals surface area (Å²) in [5.41, 5.74) is 0.994. The summed E-state index contributed by atoms with van der Waals surface area (Å²) < 4.78 is 10.9. The molecule has 1 aromatic rings. The number of nitrogens with zero attached hydrogens (tertiary/aromatic N) is 1. The summed E-state index contributed by atoms with van der Waals surface area (Å²) >= 11 is 0. The molecule has 1 rings (SSSR count). The molecule has 8 heteroatoms. The van der Waals surface area contributed by atoms with Crippen LogP contribution in [0.4, 0.5) is 0 Å². The summed E-state index contributed by atoms with van der Waals surface area (Å²) in [6.45, 7) is 5.18. The van der Waals surface area contributed by atoms with Crippen molar-refractivity contribution in [1.29, 1.82) is 0 Å². The monoisotopic (exact) mass is 604 g/mol. The maximum atomic E-state index is 13.6.